The van der Waals surface area contributed by atoms with Gasteiger partial charge in [-0.1, -0.05) is 5.10 Å². The number of nitrogens with one attached hydrogen (secondary N) is 1. The van der Waals surface area contributed by atoms with Gasteiger partial charge in [0.1, 0.15) is 17.3 Å². The highest BCUT2D eigenvalue weighted by molar-refractivity contribution is 7.99. The second kappa shape index (κ2) is 8.77. The lowest BCUT2D eigenvalue weighted by atomic mass is 10.2. The van der Waals surface area contributed by atoms with Gasteiger partial charge in [0.25, 0.3) is 5.89 Å². The first-order chi connectivity index (χ1) is 13.0. The number of methoxy groups -OCH3 is 1. The molecule has 0 unspecified atom stereocenters. The molecule has 0 saturated heterocycles. The number of rotatable bonds is 8. The normalized spacial score (nSPS) is 10.8. The van der Waals surface area contributed by atoms with E-state index in [1.165, 1.54) is 0 Å². The highest BCUT2D eigenvalue weighted by Gasteiger charge is 2.15. The minimum Gasteiger partial charge on any atom is -0.497 e. The maximum atomic E-state index is 12.0. The van der Waals surface area contributed by atoms with Gasteiger partial charge >= 0.3 is 6.01 Å². The van der Waals surface area contributed by atoms with Crippen LogP contribution < -0.4 is 10.1 Å². The van der Waals surface area contributed by atoms with Crippen LogP contribution in [0.2, 0.25) is 0 Å². The van der Waals surface area contributed by atoms with Crippen LogP contribution in [-0.2, 0) is 4.79 Å². The van der Waals surface area contributed by atoms with E-state index >= 15 is 0 Å². The smallest absolute Gasteiger partial charge is 0.322 e. The Hall–Kier alpha value is -2.74. The van der Waals surface area contributed by atoms with E-state index in [4.69, 9.17) is 13.6 Å². The molecule has 1 amide bonds. The molecule has 3 rings (SSSR count). The summed E-state index contributed by atoms with van der Waals surface area (Å²) in [5.41, 5.74) is 0.733. The fraction of sp³-hybridized carbons (Fsp3) is 0.316. The molecule has 0 aliphatic carbocycles. The zero-order chi connectivity index (χ0) is 19.2. The van der Waals surface area contributed by atoms with Crippen molar-refractivity contribution < 1.29 is 18.4 Å². The maximum Gasteiger partial charge on any atom is 0.322 e. The van der Waals surface area contributed by atoms with Crippen LogP contribution in [0.5, 0.6) is 5.75 Å². The van der Waals surface area contributed by atoms with Crippen LogP contribution in [0, 0.1) is 13.8 Å². The fourth-order valence-electron chi connectivity index (χ4n) is 2.50. The molecule has 0 bridgehead atoms. The number of aromatic nitrogens is 2. The number of amides is 1. The molecule has 1 aromatic carbocycles. The average Bonchev–Trinajstić information content (AvgIpc) is 3.24. The molecular weight excluding hydrogens is 366 g/mol. The number of thioether (sulfide) groups is 1. The third-order valence-electron chi connectivity index (χ3n) is 3.82. The van der Waals surface area contributed by atoms with E-state index in [9.17, 15) is 4.79 Å². The van der Waals surface area contributed by atoms with Gasteiger partial charge in [-0.3, -0.25) is 10.1 Å². The molecular formula is C19H21N3O4S. The summed E-state index contributed by atoms with van der Waals surface area (Å²) in [5, 5.41) is 10.5. The summed E-state index contributed by atoms with van der Waals surface area (Å²) >= 11 is 1.70. The standard InChI is InChI=1S/C19H21N3O4S/c1-12-11-16(13(2)25-12)18-21-22-19(26-18)20-17(23)5-4-10-27-15-8-6-14(24-3)7-9-15/h6-9,11H,4-5,10H2,1-3H3,(H,20,22,23). The molecule has 8 heteroatoms. The molecule has 1 N–H and O–H groups in total. The Balaban J connectivity index is 1.43. The number of carbonyl (C=O) groups is 1. The second-order valence-corrected chi connectivity index (χ2v) is 7.08. The first-order valence-corrected chi connectivity index (χ1v) is 9.51. The largest absolute Gasteiger partial charge is 0.497 e. The zero-order valence-electron chi connectivity index (χ0n) is 15.4. The Morgan fingerprint density at radius 3 is 2.63 bits per heavy atom. The predicted molar refractivity (Wildman–Crippen MR) is 103 cm³/mol. The van der Waals surface area contributed by atoms with Crippen LogP contribution in [0.25, 0.3) is 11.5 Å². The topological polar surface area (TPSA) is 90.4 Å². The molecule has 0 spiro atoms. The lowest BCUT2D eigenvalue weighted by Gasteiger charge is -2.03. The number of furan rings is 1. The Bertz CT molecular complexity index is 902. The number of benzene rings is 1. The van der Waals surface area contributed by atoms with E-state index in [1.807, 2.05) is 44.2 Å². The Morgan fingerprint density at radius 1 is 1.19 bits per heavy atom. The van der Waals surface area contributed by atoms with Crippen LogP contribution in [0.4, 0.5) is 6.01 Å². The third kappa shape index (κ3) is 5.13. The van der Waals surface area contributed by atoms with Crippen molar-refractivity contribution >= 4 is 23.7 Å². The predicted octanol–water partition coefficient (Wildman–Crippen LogP) is 4.47. The van der Waals surface area contributed by atoms with E-state index in [-0.39, 0.29) is 11.9 Å². The monoisotopic (exact) mass is 387 g/mol. The quantitative estimate of drug-likeness (QED) is 0.450. The van der Waals surface area contributed by atoms with Crippen molar-refractivity contribution in [2.45, 2.75) is 31.6 Å². The van der Waals surface area contributed by atoms with Gasteiger partial charge in [-0.2, -0.15) is 0 Å². The highest BCUT2D eigenvalue weighted by Crippen LogP contribution is 2.26. The minimum atomic E-state index is -0.152. The van der Waals surface area contributed by atoms with Gasteiger partial charge < -0.3 is 13.6 Å². The zero-order valence-corrected chi connectivity index (χ0v) is 16.3. The van der Waals surface area contributed by atoms with E-state index in [2.05, 4.69) is 15.5 Å². The molecule has 3 aromatic rings. The molecule has 2 aromatic heterocycles. The number of hydrogen-bond acceptors (Lipinski definition) is 7. The van der Waals surface area contributed by atoms with E-state index < -0.39 is 0 Å². The van der Waals surface area contributed by atoms with Gasteiger partial charge in [0, 0.05) is 11.3 Å². The van der Waals surface area contributed by atoms with Crippen molar-refractivity contribution in [1.82, 2.24) is 10.2 Å². The first kappa shape index (κ1) is 19.0. The minimum absolute atomic E-state index is 0.0936. The van der Waals surface area contributed by atoms with Crippen molar-refractivity contribution in [3.63, 3.8) is 0 Å². The number of nitrogens with zero attached hydrogens (tertiary/aromatic N) is 2. The molecule has 0 aliphatic heterocycles. The van der Waals surface area contributed by atoms with E-state index in [1.54, 1.807) is 18.9 Å². The summed E-state index contributed by atoms with van der Waals surface area (Å²) in [4.78, 5) is 13.2. The lowest BCUT2D eigenvalue weighted by molar-refractivity contribution is -0.116. The van der Waals surface area contributed by atoms with Gasteiger partial charge in [-0.05, 0) is 56.4 Å². The third-order valence-corrected chi connectivity index (χ3v) is 4.92. The van der Waals surface area contributed by atoms with Gasteiger partial charge in [0.2, 0.25) is 5.91 Å². The Labute approximate surface area is 161 Å². The molecule has 0 atom stereocenters. The van der Waals surface area contributed by atoms with Crippen molar-refractivity contribution in [3.8, 4) is 17.2 Å². The van der Waals surface area contributed by atoms with Crippen molar-refractivity contribution in [3.05, 3.63) is 41.9 Å². The Morgan fingerprint density at radius 2 is 1.96 bits per heavy atom. The number of anilines is 1. The second-order valence-electron chi connectivity index (χ2n) is 5.91. The Kier molecular flexibility index (Phi) is 6.18. The summed E-state index contributed by atoms with van der Waals surface area (Å²) in [6.07, 6.45) is 1.12. The molecule has 0 saturated carbocycles. The van der Waals surface area contributed by atoms with Crippen LogP contribution in [0.15, 0.2) is 44.1 Å². The molecule has 7 nitrogen and oxygen atoms in total. The molecule has 0 aliphatic rings. The summed E-state index contributed by atoms with van der Waals surface area (Å²) < 4.78 is 16.1. The number of aryl methyl sites for hydroxylation is 2. The number of carbonyl (C=O) groups excluding carboxylic acids is 1. The maximum absolute atomic E-state index is 12.0. The molecule has 0 radical (unpaired) electrons. The molecule has 2 heterocycles. The summed E-state index contributed by atoms with van der Waals surface area (Å²) in [5.74, 6) is 3.31. The summed E-state index contributed by atoms with van der Waals surface area (Å²) in [6.45, 7) is 3.67. The van der Waals surface area contributed by atoms with E-state index in [0.717, 1.165) is 34.1 Å². The van der Waals surface area contributed by atoms with E-state index in [0.29, 0.717) is 18.1 Å². The fourth-order valence-corrected chi connectivity index (χ4v) is 3.36. The van der Waals surface area contributed by atoms with Gasteiger partial charge in [0.05, 0.1) is 12.7 Å². The summed E-state index contributed by atoms with van der Waals surface area (Å²) in [7, 11) is 1.64. The summed E-state index contributed by atoms with van der Waals surface area (Å²) in [6, 6.07) is 9.77. The average molecular weight is 387 g/mol. The van der Waals surface area contributed by atoms with Gasteiger partial charge in [0.15, 0.2) is 0 Å². The number of hydrogen-bond donors (Lipinski definition) is 1. The number of ether oxygens (including phenoxy) is 1. The highest BCUT2D eigenvalue weighted by atomic mass is 32.2. The van der Waals surface area contributed by atoms with Crippen LogP contribution in [-0.4, -0.2) is 29.0 Å². The first-order valence-electron chi connectivity index (χ1n) is 8.53. The van der Waals surface area contributed by atoms with Crippen LogP contribution in [0.3, 0.4) is 0 Å². The molecule has 0 fully saturated rings. The van der Waals surface area contributed by atoms with Crippen LogP contribution in [0.1, 0.15) is 24.4 Å². The van der Waals surface area contributed by atoms with Crippen molar-refractivity contribution in [1.29, 1.82) is 0 Å². The molecule has 27 heavy (non-hydrogen) atoms. The lowest BCUT2D eigenvalue weighted by Crippen LogP contribution is -2.11. The molecule has 142 valence electrons. The van der Waals surface area contributed by atoms with Crippen molar-refractivity contribution in [2.24, 2.45) is 0 Å². The van der Waals surface area contributed by atoms with Gasteiger partial charge in [-0.25, -0.2) is 0 Å². The van der Waals surface area contributed by atoms with Crippen molar-refractivity contribution in [2.75, 3.05) is 18.2 Å². The van der Waals surface area contributed by atoms with Gasteiger partial charge in [-0.15, -0.1) is 16.9 Å². The van der Waals surface area contributed by atoms with Crippen LogP contribution >= 0.6 is 11.8 Å². The SMILES string of the molecule is COc1ccc(SCCCC(=O)Nc2nnc(-c3cc(C)oc3C)o2)cc1.